The fourth-order valence-corrected chi connectivity index (χ4v) is 2.31. The number of rotatable bonds is 4. The maximum Gasteiger partial charge on any atom is 0.243 e. The second kappa shape index (κ2) is 5.32. The molecule has 1 aromatic rings. The van der Waals surface area contributed by atoms with Gasteiger partial charge in [-0.05, 0) is 24.5 Å². The van der Waals surface area contributed by atoms with Crippen molar-refractivity contribution >= 4 is 11.6 Å². The number of anilines is 1. The third-order valence-corrected chi connectivity index (χ3v) is 3.34. The largest absolute Gasteiger partial charge is 0.320 e. The van der Waals surface area contributed by atoms with Crippen LogP contribution >= 0.6 is 0 Å². The van der Waals surface area contributed by atoms with Crippen LogP contribution in [0.5, 0.6) is 0 Å². The van der Waals surface area contributed by atoms with Crippen molar-refractivity contribution in [2.75, 3.05) is 11.4 Å². The van der Waals surface area contributed by atoms with Crippen molar-refractivity contribution in [2.24, 2.45) is 5.73 Å². The Labute approximate surface area is 103 Å². The molecule has 92 valence electrons. The van der Waals surface area contributed by atoms with Gasteiger partial charge in [0.2, 0.25) is 5.91 Å². The molecule has 0 radical (unpaired) electrons. The van der Waals surface area contributed by atoms with Gasteiger partial charge in [-0.1, -0.05) is 38.0 Å². The van der Waals surface area contributed by atoms with E-state index in [4.69, 9.17) is 5.73 Å². The van der Waals surface area contributed by atoms with Crippen molar-refractivity contribution < 1.29 is 4.79 Å². The molecule has 17 heavy (non-hydrogen) atoms. The first-order chi connectivity index (χ1) is 8.24. The zero-order valence-electron chi connectivity index (χ0n) is 10.4. The fraction of sp³-hybridized carbons (Fsp3) is 0.500. The minimum Gasteiger partial charge on any atom is -0.320 e. The van der Waals surface area contributed by atoms with Crippen LogP contribution in [-0.2, 0) is 11.2 Å². The summed E-state index contributed by atoms with van der Waals surface area (Å²) in [5.41, 5.74) is 8.25. The standard InChI is InChI=1S/C14H20N2O/c1-2-3-7-12(15)14(17)16-10-9-11-6-4-5-8-13(11)16/h4-6,8,12H,2-3,7,9-10,15H2,1H3. The summed E-state index contributed by atoms with van der Waals surface area (Å²) < 4.78 is 0. The number of amides is 1. The lowest BCUT2D eigenvalue weighted by atomic mass is 10.1. The van der Waals surface area contributed by atoms with E-state index in [1.165, 1.54) is 5.56 Å². The average Bonchev–Trinajstić information content (AvgIpc) is 2.78. The number of unbranched alkanes of at least 4 members (excludes halogenated alkanes) is 1. The highest BCUT2D eigenvalue weighted by atomic mass is 16.2. The van der Waals surface area contributed by atoms with Crippen LogP contribution in [-0.4, -0.2) is 18.5 Å². The number of nitrogens with zero attached hydrogens (tertiary/aromatic N) is 1. The number of hydrogen-bond acceptors (Lipinski definition) is 2. The number of para-hydroxylation sites is 1. The molecule has 0 bridgehead atoms. The first kappa shape index (κ1) is 12.1. The van der Waals surface area contributed by atoms with E-state index in [0.29, 0.717) is 0 Å². The van der Waals surface area contributed by atoms with Crippen LogP contribution in [0.1, 0.15) is 31.7 Å². The third kappa shape index (κ3) is 2.50. The number of nitrogens with two attached hydrogens (primary N) is 1. The van der Waals surface area contributed by atoms with Gasteiger partial charge in [0.05, 0.1) is 6.04 Å². The van der Waals surface area contributed by atoms with Gasteiger partial charge in [0, 0.05) is 12.2 Å². The molecule has 1 aromatic carbocycles. The van der Waals surface area contributed by atoms with Crippen LogP contribution in [0.15, 0.2) is 24.3 Å². The summed E-state index contributed by atoms with van der Waals surface area (Å²) in [5, 5.41) is 0. The number of carbonyl (C=O) groups is 1. The highest BCUT2D eigenvalue weighted by molar-refractivity contribution is 5.98. The zero-order chi connectivity index (χ0) is 12.3. The topological polar surface area (TPSA) is 46.3 Å². The summed E-state index contributed by atoms with van der Waals surface area (Å²) in [5.74, 6) is 0.0726. The summed E-state index contributed by atoms with van der Waals surface area (Å²) in [6.45, 7) is 2.89. The summed E-state index contributed by atoms with van der Waals surface area (Å²) in [4.78, 5) is 14.1. The predicted molar refractivity (Wildman–Crippen MR) is 70.0 cm³/mol. The predicted octanol–water partition coefficient (Wildman–Crippen LogP) is 2.09. The number of hydrogen-bond donors (Lipinski definition) is 1. The molecule has 1 unspecified atom stereocenters. The summed E-state index contributed by atoms with van der Waals surface area (Å²) in [7, 11) is 0. The molecular formula is C14H20N2O. The molecule has 1 amide bonds. The van der Waals surface area contributed by atoms with Crippen LogP contribution in [0, 0.1) is 0 Å². The van der Waals surface area contributed by atoms with E-state index < -0.39 is 0 Å². The van der Waals surface area contributed by atoms with Crippen LogP contribution in [0.4, 0.5) is 5.69 Å². The zero-order valence-corrected chi connectivity index (χ0v) is 10.4. The van der Waals surface area contributed by atoms with Crippen molar-refractivity contribution in [2.45, 2.75) is 38.6 Å². The quantitative estimate of drug-likeness (QED) is 0.864. The van der Waals surface area contributed by atoms with E-state index in [9.17, 15) is 4.79 Å². The highest BCUT2D eigenvalue weighted by Crippen LogP contribution is 2.28. The second-order valence-corrected chi connectivity index (χ2v) is 4.62. The van der Waals surface area contributed by atoms with Gasteiger partial charge in [-0.3, -0.25) is 4.79 Å². The van der Waals surface area contributed by atoms with Crippen LogP contribution in [0.25, 0.3) is 0 Å². The van der Waals surface area contributed by atoms with Crippen LogP contribution in [0.2, 0.25) is 0 Å². The van der Waals surface area contributed by atoms with E-state index in [1.54, 1.807) is 0 Å². The second-order valence-electron chi connectivity index (χ2n) is 4.62. The molecule has 0 spiro atoms. The van der Waals surface area contributed by atoms with E-state index in [-0.39, 0.29) is 11.9 Å². The lowest BCUT2D eigenvalue weighted by Gasteiger charge is -2.21. The van der Waals surface area contributed by atoms with Gasteiger partial charge in [0.15, 0.2) is 0 Å². The Morgan fingerprint density at radius 1 is 1.47 bits per heavy atom. The molecule has 2 rings (SSSR count). The van der Waals surface area contributed by atoms with E-state index in [1.807, 2.05) is 23.1 Å². The number of fused-ring (bicyclic) bond motifs is 1. The lowest BCUT2D eigenvalue weighted by molar-refractivity contribution is -0.119. The molecule has 3 nitrogen and oxygen atoms in total. The molecule has 0 aromatic heterocycles. The monoisotopic (exact) mass is 232 g/mol. The summed E-state index contributed by atoms with van der Waals surface area (Å²) >= 11 is 0. The van der Waals surface area contributed by atoms with Gasteiger partial charge >= 0.3 is 0 Å². The Balaban J connectivity index is 2.07. The van der Waals surface area contributed by atoms with E-state index in [0.717, 1.165) is 37.9 Å². The molecule has 2 N–H and O–H groups in total. The van der Waals surface area contributed by atoms with Crippen molar-refractivity contribution in [3.8, 4) is 0 Å². The van der Waals surface area contributed by atoms with Crippen molar-refractivity contribution in [3.63, 3.8) is 0 Å². The first-order valence-electron chi connectivity index (χ1n) is 6.39. The SMILES string of the molecule is CCCCC(N)C(=O)N1CCc2ccccc21. The average molecular weight is 232 g/mol. The first-order valence-corrected chi connectivity index (χ1v) is 6.39. The molecule has 3 heteroatoms. The smallest absolute Gasteiger partial charge is 0.243 e. The van der Waals surface area contributed by atoms with Crippen LogP contribution < -0.4 is 10.6 Å². The highest BCUT2D eigenvalue weighted by Gasteiger charge is 2.27. The van der Waals surface area contributed by atoms with Crippen molar-refractivity contribution in [3.05, 3.63) is 29.8 Å². The lowest BCUT2D eigenvalue weighted by Crippen LogP contribution is -2.43. The molecule has 1 heterocycles. The van der Waals surface area contributed by atoms with Gasteiger partial charge < -0.3 is 10.6 Å². The Kier molecular flexibility index (Phi) is 3.79. The maximum atomic E-state index is 12.2. The Bertz CT molecular complexity index is 403. The molecule has 0 saturated carbocycles. The minimum atomic E-state index is -0.346. The number of benzene rings is 1. The molecule has 0 fully saturated rings. The van der Waals surface area contributed by atoms with E-state index in [2.05, 4.69) is 13.0 Å². The molecule has 0 saturated heterocycles. The van der Waals surface area contributed by atoms with Crippen molar-refractivity contribution in [1.29, 1.82) is 0 Å². The van der Waals surface area contributed by atoms with Gasteiger partial charge in [-0.15, -0.1) is 0 Å². The Morgan fingerprint density at radius 2 is 2.24 bits per heavy atom. The number of carbonyl (C=O) groups excluding carboxylic acids is 1. The molecular weight excluding hydrogens is 212 g/mol. The molecule has 1 atom stereocenters. The summed E-state index contributed by atoms with van der Waals surface area (Å²) in [6.07, 6.45) is 3.83. The van der Waals surface area contributed by atoms with Gasteiger partial charge in [0.25, 0.3) is 0 Å². The Hall–Kier alpha value is -1.35. The third-order valence-electron chi connectivity index (χ3n) is 3.34. The molecule has 1 aliphatic heterocycles. The Morgan fingerprint density at radius 3 is 3.00 bits per heavy atom. The minimum absolute atomic E-state index is 0.0726. The van der Waals surface area contributed by atoms with Gasteiger partial charge in [-0.25, -0.2) is 0 Å². The maximum absolute atomic E-state index is 12.2. The molecule has 1 aliphatic rings. The molecule has 0 aliphatic carbocycles. The van der Waals surface area contributed by atoms with E-state index >= 15 is 0 Å². The van der Waals surface area contributed by atoms with Crippen molar-refractivity contribution in [1.82, 2.24) is 0 Å². The fourth-order valence-electron chi connectivity index (χ4n) is 2.31. The van der Waals surface area contributed by atoms with Crippen LogP contribution in [0.3, 0.4) is 0 Å². The summed E-state index contributed by atoms with van der Waals surface area (Å²) in [6, 6.07) is 7.74. The normalized spacial score (nSPS) is 15.8. The van der Waals surface area contributed by atoms with Gasteiger partial charge in [0.1, 0.15) is 0 Å². The van der Waals surface area contributed by atoms with Gasteiger partial charge in [-0.2, -0.15) is 0 Å².